The Morgan fingerprint density at radius 3 is 2.33 bits per heavy atom. The first-order valence-corrected chi connectivity index (χ1v) is 2.61. The lowest BCUT2D eigenvalue weighted by Gasteiger charge is -1.89. The monoisotopic (exact) mass is 124 g/mol. The van der Waals surface area contributed by atoms with Crippen LogP contribution in [-0.2, 0) is 0 Å². The Bertz CT molecular complexity index is 42.8. The molecule has 0 aliphatic carbocycles. The van der Waals surface area contributed by atoms with Crippen LogP contribution in [0.3, 0.4) is 0 Å². The van der Waals surface area contributed by atoms with E-state index in [2.05, 4.69) is 6.58 Å². The van der Waals surface area contributed by atoms with Crippen LogP contribution in [0.2, 0.25) is 0 Å². The van der Waals surface area contributed by atoms with Crippen LogP contribution in [0.4, 0.5) is 0 Å². The van der Waals surface area contributed by atoms with Gasteiger partial charge in [-0.2, -0.15) is 0 Å². The molecule has 0 saturated carbocycles. The number of rotatable bonds is 2. The normalized spacial score (nSPS) is 13.7. The van der Waals surface area contributed by atoms with Crippen LogP contribution in [0.25, 0.3) is 0 Å². The fourth-order valence-corrected chi connectivity index (χ4v) is 0.189. The molecule has 0 nitrogen and oxygen atoms in total. The number of alkyl halides is 2. The summed E-state index contributed by atoms with van der Waals surface area (Å²) in [5, 5.41) is -0.0633. The summed E-state index contributed by atoms with van der Waals surface area (Å²) < 4.78 is 0. The molecular formula is C4H6Cl2. The van der Waals surface area contributed by atoms with Crippen LogP contribution in [0.5, 0.6) is 0 Å². The predicted octanol–water partition coefficient (Wildman–Crippen LogP) is 2.02. The molecule has 0 aromatic carbocycles. The largest absolute Gasteiger partial charge is 0.125 e. The van der Waals surface area contributed by atoms with Gasteiger partial charge in [0.15, 0.2) is 0 Å². The van der Waals surface area contributed by atoms with Crippen molar-refractivity contribution >= 4 is 23.2 Å². The maximum absolute atomic E-state index is 5.40. The first-order chi connectivity index (χ1) is 2.81. The molecule has 1 atom stereocenters. The van der Waals surface area contributed by atoms with Crippen LogP contribution < -0.4 is 0 Å². The highest BCUT2D eigenvalue weighted by atomic mass is 35.5. The molecule has 0 aliphatic heterocycles. The Balaban J connectivity index is 2.96. The quantitative estimate of drug-likeness (QED) is 0.391. The van der Waals surface area contributed by atoms with Gasteiger partial charge in [-0.15, -0.1) is 29.8 Å². The third-order valence-electron chi connectivity index (χ3n) is 0.403. The maximum Gasteiger partial charge on any atom is 0.0648 e. The van der Waals surface area contributed by atoms with Crippen LogP contribution in [0.15, 0.2) is 12.7 Å². The Morgan fingerprint density at radius 1 is 1.83 bits per heavy atom. The van der Waals surface area contributed by atoms with Crippen LogP contribution >= 0.6 is 23.2 Å². The molecule has 0 amide bonds. The second-order valence-electron chi connectivity index (χ2n) is 0.906. The summed E-state index contributed by atoms with van der Waals surface area (Å²) in [7, 11) is 0. The molecule has 0 spiro atoms. The molecule has 0 bridgehead atoms. The van der Waals surface area contributed by atoms with Gasteiger partial charge in [-0.25, -0.2) is 0 Å². The van der Waals surface area contributed by atoms with Gasteiger partial charge < -0.3 is 0 Å². The molecule has 2 heteroatoms. The van der Waals surface area contributed by atoms with Gasteiger partial charge in [0.05, 0.1) is 5.38 Å². The minimum Gasteiger partial charge on any atom is -0.125 e. The topological polar surface area (TPSA) is 0 Å². The fraction of sp³-hybridized carbons (Fsp3) is 0.500. The number of allylic oxidation sites excluding steroid dienone is 1. The Morgan fingerprint density at radius 2 is 2.33 bits per heavy atom. The lowest BCUT2D eigenvalue weighted by atomic mass is 10.5. The molecule has 0 heterocycles. The van der Waals surface area contributed by atoms with Crippen molar-refractivity contribution in [3.63, 3.8) is 0 Å². The standard InChI is InChI=1S/C4H6Cl2/c1-2-4(6)3-5/h2,4H,1,3H2/t4-/m0/s1. The Kier molecular flexibility index (Phi) is 3.70. The van der Waals surface area contributed by atoms with E-state index in [0.29, 0.717) is 5.88 Å². The molecule has 0 aromatic heterocycles. The predicted molar refractivity (Wildman–Crippen MR) is 30.6 cm³/mol. The van der Waals surface area contributed by atoms with E-state index in [4.69, 9.17) is 23.2 Å². The van der Waals surface area contributed by atoms with Crippen LogP contribution in [0.1, 0.15) is 0 Å². The highest BCUT2D eigenvalue weighted by molar-refractivity contribution is 6.28. The summed E-state index contributed by atoms with van der Waals surface area (Å²) in [5.74, 6) is 0.449. The summed E-state index contributed by atoms with van der Waals surface area (Å²) in [6, 6.07) is 0. The third kappa shape index (κ3) is 2.55. The van der Waals surface area contributed by atoms with Gasteiger partial charge in [0.2, 0.25) is 0 Å². The van der Waals surface area contributed by atoms with Crippen molar-refractivity contribution in [1.82, 2.24) is 0 Å². The smallest absolute Gasteiger partial charge is 0.0648 e. The molecule has 6 heavy (non-hydrogen) atoms. The Labute approximate surface area is 47.8 Å². The zero-order valence-corrected chi connectivity index (χ0v) is 4.84. The molecule has 36 valence electrons. The summed E-state index contributed by atoms with van der Waals surface area (Å²) >= 11 is 10.6. The van der Waals surface area contributed by atoms with Crippen molar-refractivity contribution in [2.24, 2.45) is 0 Å². The van der Waals surface area contributed by atoms with Gasteiger partial charge in [0.25, 0.3) is 0 Å². The molecule has 0 radical (unpaired) electrons. The van der Waals surface area contributed by atoms with Crippen LogP contribution in [-0.4, -0.2) is 11.3 Å². The highest BCUT2D eigenvalue weighted by Crippen LogP contribution is 1.96. The zero-order valence-electron chi connectivity index (χ0n) is 3.32. The molecule has 0 rings (SSSR count). The molecule has 0 aliphatic rings. The van der Waals surface area contributed by atoms with E-state index in [0.717, 1.165) is 0 Å². The third-order valence-corrected chi connectivity index (χ3v) is 1.23. The number of hydrogen-bond donors (Lipinski definition) is 0. The first-order valence-electron chi connectivity index (χ1n) is 1.64. The van der Waals surface area contributed by atoms with Gasteiger partial charge in [0, 0.05) is 5.88 Å². The zero-order chi connectivity index (χ0) is 4.99. The summed E-state index contributed by atoms with van der Waals surface area (Å²) in [6.07, 6.45) is 1.61. The van der Waals surface area contributed by atoms with E-state index in [9.17, 15) is 0 Å². The minimum atomic E-state index is -0.0633. The lowest BCUT2D eigenvalue weighted by molar-refractivity contribution is 1.25. The van der Waals surface area contributed by atoms with Gasteiger partial charge in [0.1, 0.15) is 0 Å². The van der Waals surface area contributed by atoms with E-state index in [1.807, 2.05) is 0 Å². The molecule has 0 unspecified atom stereocenters. The minimum absolute atomic E-state index is 0.0633. The Hall–Kier alpha value is 0.320. The van der Waals surface area contributed by atoms with Crippen molar-refractivity contribution in [1.29, 1.82) is 0 Å². The summed E-state index contributed by atoms with van der Waals surface area (Å²) in [4.78, 5) is 0. The second kappa shape index (κ2) is 3.51. The SMILES string of the molecule is C=C[C@H](Cl)CCl. The number of hydrogen-bond acceptors (Lipinski definition) is 0. The van der Waals surface area contributed by atoms with E-state index in [1.165, 1.54) is 0 Å². The maximum atomic E-state index is 5.40. The first kappa shape index (κ1) is 6.32. The highest BCUT2D eigenvalue weighted by Gasteiger charge is 1.89. The lowest BCUT2D eigenvalue weighted by Crippen LogP contribution is -1.90. The van der Waals surface area contributed by atoms with Gasteiger partial charge >= 0.3 is 0 Å². The molecule has 0 fully saturated rings. The average molecular weight is 125 g/mol. The summed E-state index contributed by atoms with van der Waals surface area (Å²) in [6.45, 7) is 3.42. The molecule has 0 saturated heterocycles. The van der Waals surface area contributed by atoms with E-state index >= 15 is 0 Å². The van der Waals surface area contributed by atoms with Crippen molar-refractivity contribution in [2.75, 3.05) is 5.88 Å². The van der Waals surface area contributed by atoms with E-state index < -0.39 is 0 Å². The summed E-state index contributed by atoms with van der Waals surface area (Å²) in [5.41, 5.74) is 0. The van der Waals surface area contributed by atoms with Crippen molar-refractivity contribution < 1.29 is 0 Å². The van der Waals surface area contributed by atoms with E-state index in [1.54, 1.807) is 6.08 Å². The van der Waals surface area contributed by atoms with Crippen molar-refractivity contribution in [2.45, 2.75) is 5.38 Å². The van der Waals surface area contributed by atoms with E-state index in [-0.39, 0.29) is 5.38 Å². The van der Waals surface area contributed by atoms with Crippen LogP contribution in [0, 0.1) is 0 Å². The fourth-order valence-electron chi connectivity index (χ4n) is 0.0630. The van der Waals surface area contributed by atoms with Crippen molar-refractivity contribution in [3.05, 3.63) is 12.7 Å². The molecule has 0 N–H and O–H groups in total. The second-order valence-corrected chi connectivity index (χ2v) is 1.78. The van der Waals surface area contributed by atoms with Gasteiger partial charge in [-0.05, 0) is 0 Å². The number of halogens is 2. The average Bonchev–Trinajstić information content (AvgIpc) is 1.65. The van der Waals surface area contributed by atoms with Crippen molar-refractivity contribution in [3.8, 4) is 0 Å². The van der Waals surface area contributed by atoms with Gasteiger partial charge in [-0.3, -0.25) is 0 Å². The molecular weight excluding hydrogens is 119 g/mol. The van der Waals surface area contributed by atoms with Gasteiger partial charge in [-0.1, -0.05) is 6.08 Å². The molecule has 0 aromatic rings.